The molecule has 0 saturated heterocycles. The molecule has 20 heavy (non-hydrogen) atoms. The zero-order chi connectivity index (χ0) is 14.1. The van der Waals surface area contributed by atoms with Crippen LogP contribution in [0, 0.1) is 6.92 Å². The molecule has 4 nitrogen and oxygen atoms in total. The highest BCUT2D eigenvalue weighted by Gasteiger charge is 2.17. The number of ether oxygens (including phenoxy) is 2. The monoisotopic (exact) mass is 335 g/mol. The Morgan fingerprint density at radius 3 is 2.90 bits per heavy atom. The van der Waals surface area contributed by atoms with E-state index >= 15 is 0 Å². The molecule has 3 rings (SSSR count). The lowest BCUT2D eigenvalue weighted by atomic mass is 10.1. The van der Waals surface area contributed by atoms with Crippen molar-refractivity contribution >= 4 is 21.6 Å². The van der Waals surface area contributed by atoms with Crippen molar-refractivity contribution in [3.8, 4) is 17.2 Å². The van der Waals surface area contributed by atoms with Gasteiger partial charge in [0, 0.05) is 18.3 Å². The standard InChI is InChI=1S/C15H14BrNO3/c1-9-2-3-11(6-13(9)18)17-7-10-4-12(16)15-14(5-10)19-8-20-15/h2-6,17-18H,7-8H2,1H3. The Kier molecular flexibility index (Phi) is 3.44. The van der Waals surface area contributed by atoms with Crippen LogP contribution in [-0.2, 0) is 6.54 Å². The maximum absolute atomic E-state index is 9.68. The molecular weight excluding hydrogens is 322 g/mol. The van der Waals surface area contributed by atoms with Crippen LogP contribution in [0.4, 0.5) is 5.69 Å². The molecule has 0 fully saturated rings. The summed E-state index contributed by atoms with van der Waals surface area (Å²) >= 11 is 3.47. The fourth-order valence-corrected chi connectivity index (χ4v) is 2.65. The summed E-state index contributed by atoms with van der Waals surface area (Å²) in [7, 11) is 0. The number of nitrogens with one attached hydrogen (secondary N) is 1. The second kappa shape index (κ2) is 5.25. The molecule has 2 N–H and O–H groups in total. The van der Waals surface area contributed by atoms with Gasteiger partial charge in [0.1, 0.15) is 5.75 Å². The van der Waals surface area contributed by atoms with Crippen LogP contribution in [0.2, 0.25) is 0 Å². The fourth-order valence-electron chi connectivity index (χ4n) is 2.05. The Labute approximate surface area is 125 Å². The van der Waals surface area contributed by atoms with E-state index in [2.05, 4.69) is 21.2 Å². The van der Waals surface area contributed by atoms with E-state index in [1.165, 1.54) is 0 Å². The van der Waals surface area contributed by atoms with Crippen LogP contribution in [0.15, 0.2) is 34.8 Å². The summed E-state index contributed by atoms with van der Waals surface area (Å²) in [5.41, 5.74) is 2.81. The number of aromatic hydroxyl groups is 1. The average molecular weight is 336 g/mol. The quantitative estimate of drug-likeness (QED) is 0.895. The number of fused-ring (bicyclic) bond motifs is 1. The highest BCUT2D eigenvalue weighted by molar-refractivity contribution is 9.10. The van der Waals surface area contributed by atoms with Crippen LogP contribution >= 0.6 is 15.9 Å². The van der Waals surface area contributed by atoms with Gasteiger partial charge in [-0.1, -0.05) is 6.07 Å². The van der Waals surface area contributed by atoms with Gasteiger partial charge in [0.25, 0.3) is 0 Å². The van der Waals surface area contributed by atoms with Gasteiger partial charge >= 0.3 is 0 Å². The molecule has 0 unspecified atom stereocenters. The minimum atomic E-state index is 0.261. The number of hydrogen-bond donors (Lipinski definition) is 2. The zero-order valence-corrected chi connectivity index (χ0v) is 12.5. The predicted octanol–water partition coefficient (Wildman–Crippen LogP) is 3.80. The van der Waals surface area contributed by atoms with Crippen molar-refractivity contribution in [1.29, 1.82) is 0 Å². The van der Waals surface area contributed by atoms with E-state index in [-0.39, 0.29) is 6.79 Å². The van der Waals surface area contributed by atoms with E-state index in [1.54, 1.807) is 6.07 Å². The van der Waals surface area contributed by atoms with Gasteiger partial charge < -0.3 is 19.9 Å². The number of halogens is 1. The molecule has 0 saturated carbocycles. The van der Waals surface area contributed by atoms with Gasteiger partial charge in [0.2, 0.25) is 6.79 Å². The van der Waals surface area contributed by atoms with E-state index in [4.69, 9.17) is 9.47 Å². The average Bonchev–Trinajstić information content (AvgIpc) is 2.89. The van der Waals surface area contributed by atoms with Crippen LogP contribution in [0.25, 0.3) is 0 Å². The van der Waals surface area contributed by atoms with Crippen molar-refractivity contribution in [3.05, 3.63) is 45.9 Å². The first-order chi connectivity index (χ1) is 9.63. The minimum absolute atomic E-state index is 0.261. The first-order valence-electron chi connectivity index (χ1n) is 6.25. The van der Waals surface area contributed by atoms with Crippen molar-refractivity contribution in [1.82, 2.24) is 0 Å². The van der Waals surface area contributed by atoms with E-state index in [0.29, 0.717) is 12.3 Å². The van der Waals surface area contributed by atoms with Crippen LogP contribution < -0.4 is 14.8 Å². The Balaban J connectivity index is 1.75. The second-order valence-electron chi connectivity index (χ2n) is 4.67. The number of anilines is 1. The topological polar surface area (TPSA) is 50.7 Å². The Morgan fingerprint density at radius 1 is 1.25 bits per heavy atom. The number of rotatable bonds is 3. The van der Waals surface area contributed by atoms with Gasteiger partial charge in [-0.15, -0.1) is 0 Å². The third-order valence-corrected chi connectivity index (χ3v) is 3.78. The van der Waals surface area contributed by atoms with E-state index < -0.39 is 0 Å². The van der Waals surface area contributed by atoms with Crippen LogP contribution in [0.5, 0.6) is 17.2 Å². The zero-order valence-electron chi connectivity index (χ0n) is 10.9. The summed E-state index contributed by atoms with van der Waals surface area (Å²) in [5.74, 6) is 1.80. The van der Waals surface area contributed by atoms with Gasteiger partial charge in [-0.05, 0) is 52.2 Å². The van der Waals surface area contributed by atoms with Crippen LogP contribution in [0.3, 0.4) is 0 Å². The molecule has 1 aliphatic heterocycles. The van der Waals surface area contributed by atoms with Gasteiger partial charge in [-0.2, -0.15) is 0 Å². The SMILES string of the molecule is Cc1ccc(NCc2cc(Br)c3c(c2)OCO3)cc1O. The highest BCUT2D eigenvalue weighted by Crippen LogP contribution is 2.40. The molecule has 0 amide bonds. The van der Waals surface area contributed by atoms with E-state index in [9.17, 15) is 5.11 Å². The maximum atomic E-state index is 9.68. The summed E-state index contributed by atoms with van der Waals surface area (Å²) in [6.45, 7) is 2.77. The molecule has 0 spiro atoms. The van der Waals surface area contributed by atoms with Crippen molar-refractivity contribution < 1.29 is 14.6 Å². The number of aryl methyl sites for hydroxylation is 1. The Morgan fingerprint density at radius 2 is 2.10 bits per heavy atom. The third kappa shape index (κ3) is 2.54. The molecule has 1 heterocycles. The van der Waals surface area contributed by atoms with Gasteiger partial charge in [-0.25, -0.2) is 0 Å². The smallest absolute Gasteiger partial charge is 0.231 e. The van der Waals surface area contributed by atoms with Crippen LogP contribution in [-0.4, -0.2) is 11.9 Å². The van der Waals surface area contributed by atoms with E-state index in [0.717, 1.165) is 32.8 Å². The molecule has 0 aliphatic carbocycles. The Bertz CT molecular complexity index is 658. The first-order valence-corrected chi connectivity index (χ1v) is 7.04. The minimum Gasteiger partial charge on any atom is -0.508 e. The van der Waals surface area contributed by atoms with Crippen molar-refractivity contribution in [2.45, 2.75) is 13.5 Å². The summed E-state index contributed by atoms with van der Waals surface area (Å²) in [5, 5.41) is 13.0. The lowest BCUT2D eigenvalue weighted by Gasteiger charge is -2.09. The number of hydrogen-bond acceptors (Lipinski definition) is 4. The van der Waals surface area contributed by atoms with Crippen LogP contribution in [0.1, 0.15) is 11.1 Å². The maximum Gasteiger partial charge on any atom is 0.231 e. The largest absolute Gasteiger partial charge is 0.508 e. The molecule has 0 radical (unpaired) electrons. The lowest BCUT2D eigenvalue weighted by Crippen LogP contribution is -1.99. The normalized spacial score (nSPS) is 12.5. The van der Waals surface area contributed by atoms with E-state index in [1.807, 2.05) is 31.2 Å². The third-order valence-electron chi connectivity index (χ3n) is 3.19. The predicted molar refractivity (Wildman–Crippen MR) is 80.4 cm³/mol. The second-order valence-corrected chi connectivity index (χ2v) is 5.52. The fraction of sp³-hybridized carbons (Fsp3) is 0.200. The van der Waals surface area contributed by atoms with Crippen molar-refractivity contribution in [3.63, 3.8) is 0 Å². The lowest BCUT2D eigenvalue weighted by molar-refractivity contribution is 0.173. The molecule has 2 aromatic carbocycles. The molecule has 1 aliphatic rings. The first kappa shape index (κ1) is 13.1. The number of phenolic OH excluding ortho intramolecular Hbond substituents is 1. The molecule has 2 aromatic rings. The van der Waals surface area contributed by atoms with Gasteiger partial charge in [0.05, 0.1) is 4.47 Å². The summed E-state index contributed by atoms with van der Waals surface area (Å²) < 4.78 is 11.6. The molecule has 0 aromatic heterocycles. The van der Waals surface area contributed by atoms with Crippen molar-refractivity contribution in [2.24, 2.45) is 0 Å². The Hall–Kier alpha value is -1.88. The molecular formula is C15H14BrNO3. The molecule has 0 bridgehead atoms. The molecule has 5 heteroatoms. The summed E-state index contributed by atoms with van der Waals surface area (Å²) in [6, 6.07) is 9.49. The number of benzene rings is 2. The molecule has 0 atom stereocenters. The summed E-state index contributed by atoms with van der Waals surface area (Å²) in [4.78, 5) is 0. The highest BCUT2D eigenvalue weighted by atomic mass is 79.9. The number of phenols is 1. The van der Waals surface area contributed by atoms with Crippen molar-refractivity contribution in [2.75, 3.05) is 12.1 Å². The van der Waals surface area contributed by atoms with Gasteiger partial charge in [0.15, 0.2) is 11.5 Å². The van der Waals surface area contributed by atoms with Gasteiger partial charge in [-0.3, -0.25) is 0 Å². The summed E-state index contributed by atoms with van der Waals surface area (Å²) in [6.07, 6.45) is 0. The molecule has 104 valence electrons.